The summed E-state index contributed by atoms with van der Waals surface area (Å²) in [6.07, 6.45) is 0.109. The zero-order valence-electron chi connectivity index (χ0n) is 12.0. The Labute approximate surface area is 114 Å². The van der Waals surface area contributed by atoms with E-state index in [1.54, 1.807) is 28.1 Å². The van der Waals surface area contributed by atoms with E-state index in [4.69, 9.17) is 15.2 Å². The lowest BCUT2D eigenvalue weighted by atomic mass is 10.1. The fraction of sp³-hybridized carbons (Fsp3) is 0.500. The number of nitrogens with zero attached hydrogens (tertiary/aromatic N) is 1. The zero-order valence-corrected chi connectivity index (χ0v) is 12.0. The number of ether oxygens (including phenoxy) is 2. The number of hydrogen-bond acceptors (Lipinski definition) is 4. The van der Waals surface area contributed by atoms with Crippen LogP contribution in [0.4, 0.5) is 0 Å². The predicted molar refractivity (Wildman–Crippen MR) is 74.5 cm³/mol. The van der Waals surface area contributed by atoms with Crippen LogP contribution in [0.1, 0.15) is 12.5 Å². The minimum Gasteiger partial charge on any atom is -0.493 e. The van der Waals surface area contributed by atoms with E-state index in [9.17, 15) is 4.79 Å². The molecule has 19 heavy (non-hydrogen) atoms. The molecule has 0 saturated heterocycles. The topological polar surface area (TPSA) is 64.8 Å². The third-order valence-electron chi connectivity index (χ3n) is 2.78. The quantitative estimate of drug-likeness (QED) is 0.836. The van der Waals surface area contributed by atoms with E-state index in [0.717, 1.165) is 5.56 Å². The third-order valence-corrected chi connectivity index (χ3v) is 2.78. The van der Waals surface area contributed by atoms with Gasteiger partial charge in [0.25, 0.3) is 5.91 Å². The molecule has 2 N–H and O–H groups in total. The van der Waals surface area contributed by atoms with E-state index in [1.807, 2.05) is 18.2 Å². The number of likely N-dealkylation sites (N-methyl/N-ethyl adjacent to an activating group) is 1. The highest BCUT2D eigenvalue weighted by atomic mass is 16.5. The number of amides is 1. The van der Waals surface area contributed by atoms with E-state index in [-0.39, 0.29) is 5.91 Å². The van der Waals surface area contributed by atoms with E-state index in [0.29, 0.717) is 24.5 Å². The molecule has 1 unspecified atom stereocenters. The summed E-state index contributed by atoms with van der Waals surface area (Å²) in [5, 5.41) is 0. The lowest BCUT2D eigenvalue weighted by Crippen LogP contribution is -2.35. The fourth-order valence-corrected chi connectivity index (χ4v) is 1.80. The number of carbonyl (C=O) groups is 1. The molecule has 0 radical (unpaired) electrons. The van der Waals surface area contributed by atoms with Crippen LogP contribution in [-0.2, 0) is 11.2 Å². The first-order valence-electron chi connectivity index (χ1n) is 6.25. The molecule has 5 heteroatoms. The molecule has 1 atom stereocenters. The van der Waals surface area contributed by atoms with Crippen LogP contribution in [0, 0.1) is 0 Å². The molecule has 0 aromatic heterocycles. The van der Waals surface area contributed by atoms with Crippen LogP contribution in [0.3, 0.4) is 0 Å². The molecule has 0 aliphatic rings. The molecule has 0 aliphatic carbocycles. The lowest BCUT2D eigenvalue weighted by molar-refractivity contribution is -0.135. The van der Waals surface area contributed by atoms with Crippen molar-refractivity contribution in [3.8, 4) is 11.5 Å². The highest BCUT2D eigenvalue weighted by Gasteiger charge is 2.20. The Hall–Kier alpha value is -1.75. The molecule has 0 aliphatic heterocycles. The second-order valence-corrected chi connectivity index (χ2v) is 4.48. The minimum atomic E-state index is -0.567. The number of benzene rings is 1. The van der Waals surface area contributed by atoms with Crippen LogP contribution < -0.4 is 15.2 Å². The predicted octanol–water partition coefficient (Wildman–Crippen LogP) is 1.05. The van der Waals surface area contributed by atoms with E-state index < -0.39 is 6.10 Å². The van der Waals surface area contributed by atoms with Gasteiger partial charge in [-0.2, -0.15) is 0 Å². The van der Waals surface area contributed by atoms with Gasteiger partial charge in [-0.05, 0) is 31.5 Å². The Morgan fingerprint density at radius 3 is 2.63 bits per heavy atom. The van der Waals surface area contributed by atoms with Crippen LogP contribution in [0.25, 0.3) is 0 Å². The highest BCUT2D eigenvalue weighted by molar-refractivity contribution is 5.80. The van der Waals surface area contributed by atoms with E-state index in [2.05, 4.69) is 0 Å². The summed E-state index contributed by atoms with van der Waals surface area (Å²) in [6.45, 7) is 2.24. The molecule has 0 saturated carbocycles. The Morgan fingerprint density at radius 2 is 2.11 bits per heavy atom. The summed E-state index contributed by atoms with van der Waals surface area (Å²) in [6, 6.07) is 5.62. The van der Waals surface area contributed by atoms with Gasteiger partial charge in [-0.3, -0.25) is 4.79 Å². The largest absolute Gasteiger partial charge is 0.493 e. The number of rotatable bonds is 6. The van der Waals surface area contributed by atoms with Crippen molar-refractivity contribution >= 4 is 5.91 Å². The summed E-state index contributed by atoms with van der Waals surface area (Å²) < 4.78 is 11.1. The molecule has 1 amide bonds. The van der Waals surface area contributed by atoms with Gasteiger partial charge < -0.3 is 20.1 Å². The highest BCUT2D eigenvalue weighted by Crippen LogP contribution is 2.32. The fourth-order valence-electron chi connectivity index (χ4n) is 1.80. The van der Waals surface area contributed by atoms with Crippen molar-refractivity contribution in [2.24, 2.45) is 5.73 Å². The van der Waals surface area contributed by atoms with Crippen molar-refractivity contribution in [1.82, 2.24) is 4.90 Å². The van der Waals surface area contributed by atoms with Crippen LogP contribution in [0.5, 0.6) is 11.5 Å². The van der Waals surface area contributed by atoms with Gasteiger partial charge in [0.05, 0.1) is 7.11 Å². The van der Waals surface area contributed by atoms with Crippen molar-refractivity contribution in [3.05, 3.63) is 23.8 Å². The maximum atomic E-state index is 11.9. The van der Waals surface area contributed by atoms with Crippen molar-refractivity contribution < 1.29 is 14.3 Å². The average molecular weight is 266 g/mol. The standard InChI is InChI=1S/C14H22N2O3/c1-10(14(17)16(2)3)19-13-11(8-9-15)6-5-7-12(13)18-4/h5-7,10H,8-9,15H2,1-4H3. The van der Waals surface area contributed by atoms with Crippen LogP contribution >= 0.6 is 0 Å². The maximum absolute atomic E-state index is 11.9. The van der Waals surface area contributed by atoms with E-state index in [1.165, 1.54) is 4.90 Å². The summed E-state index contributed by atoms with van der Waals surface area (Å²) >= 11 is 0. The molecular formula is C14H22N2O3. The zero-order chi connectivity index (χ0) is 14.4. The molecule has 0 fully saturated rings. The van der Waals surface area contributed by atoms with Gasteiger partial charge in [0.15, 0.2) is 17.6 Å². The maximum Gasteiger partial charge on any atom is 0.262 e. The van der Waals surface area contributed by atoms with Crippen molar-refractivity contribution in [3.63, 3.8) is 0 Å². The molecule has 106 valence electrons. The molecule has 5 nitrogen and oxygen atoms in total. The summed E-state index contributed by atoms with van der Waals surface area (Å²) in [4.78, 5) is 13.4. The Balaban J connectivity index is 3.00. The van der Waals surface area contributed by atoms with Gasteiger partial charge in [0.2, 0.25) is 0 Å². The van der Waals surface area contributed by atoms with Crippen molar-refractivity contribution in [1.29, 1.82) is 0 Å². The first-order chi connectivity index (χ1) is 9.01. The van der Waals surface area contributed by atoms with Gasteiger partial charge >= 0.3 is 0 Å². The molecule has 1 rings (SSSR count). The van der Waals surface area contributed by atoms with Gasteiger partial charge in [0.1, 0.15) is 0 Å². The van der Waals surface area contributed by atoms with Gasteiger partial charge in [-0.1, -0.05) is 12.1 Å². The van der Waals surface area contributed by atoms with Crippen molar-refractivity contribution in [2.75, 3.05) is 27.7 Å². The number of para-hydroxylation sites is 1. The van der Waals surface area contributed by atoms with Gasteiger partial charge in [-0.15, -0.1) is 0 Å². The Morgan fingerprint density at radius 1 is 1.42 bits per heavy atom. The van der Waals surface area contributed by atoms with Gasteiger partial charge in [-0.25, -0.2) is 0 Å². The SMILES string of the molecule is COc1cccc(CCN)c1OC(C)C(=O)N(C)C. The third kappa shape index (κ3) is 3.86. The van der Waals surface area contributed by atoms with Crippen LogP contribution in [0.15, 0.2) is 18.2 Å². The van der Waals surface area contributed by atoms with Gasteiger partial charge in [0, 0.05) is 14.1 Å². The van der Waals surface area contributed by atoms with E-state index >= 15 is 0 Å². The molecule has 0 heterocycles. The Bertz CT molecular complexity index is 433. The number of carbonyl (C=O) groups excluding carboxylic acids is 1. The molecular weight excluding hydrogens is 244 g/mol. The Kier molecular flexibility index (Phi) is 5.63. The summed E-state index contributed by atoms with van der Waals surface area (Å²) in [5.41, 5.74) is 6.53. The second kappa shape index (κ2) is 6.99. The normalized spacial score (nSPS) is 11.8. The van der Waals surface area contributed by atoms with Crippen molar-refractivity contribution in [2.45, 2.75) is 19.4 Å². The second-order valence-electron chi connectivity index (χ2n) is 4.48. The summed E-state index contributed by atoms with van der Waals surface area (Å²) in [7, 11) is 4.98. The molecule has 0 spiro atoms. The smallest absolute Gasteiger partial charge is 0.262 e. The number of methoxy groups -OCH3 is 1. The monoisotopic (exact) mass is 266 g/mol. The van der Waals surface area contributed by atoms with Crippen LogP contribution in [0.2, 0.25) is 0 Å². The first kappa shape index (κ1) is 15.3. The van der Waals surface area contributed by atoms with Crippen LogP contribution in [-0.4, -0.2) is 44.7 Å². The molecule has 1 aromatic carbocycles. The molecule has 1 aromatic rings. The molecule has 0 bridgehead atoms. The lowest BCUT2D eigenvalue weighted by Gasteiger charge is -2.21. The number of nitrogens with two attached hydrogens (primary N) is 1. The average Bonchev–Trinajstić information content (AvgIpc) is 2.39. The number of hydrogen-bond donors (Lipinski definition) is 1. The minimum absolute atomic E-state index is 0.0930. The first-order valence-corrected chi connectivity index (χ1v) is 6.25. The summed E-state index contributed by atoms with van der Waals surface area (Å²) in [5.74, 6) is 1.12.